The molecule has 0 saturated heterocycles. The van der Waals surface area contributed by atoms with E-state index in [-0.39, 0.29) is 24.0 Å². The van der Waals surface area contributed by atoms with E-state index in [1.807, 2.05) is 38.4 Å². The minimum absolute atomic E-state index is 0. The van der Waals surface area contributed by atoms with Gasteiger partial charge in [0.25, 0.3) is 0 Å². The minimum atomic E-state index is 0. The van der Waals surface area contributed by atoms with Crippen LogP contribution in [0.1, 0.15) is 11.1 Å². The first-order valence-corrected chi connectivity index (χ1v) is 7.91. The lowest BCUT2D eigenvalue weighted by atomic mass is 10.2. The Kier molecular flexibility index (Phi) is 8.92. The number of nitrogens with zero attached hydrogens (tertiary/aromatic N) is 2. The van der Waals surface area contributed by atoms with Crippen LogP contribution in [0.2, 0.25) is 5.02 Å². The van der Waals surface area contributed by atoms with Gasteiger partial charge in [0.05, 0.1) is 0 Å². The molecule has 0 aliphatic rings. The molecule has 2 rings (SSSR count). The Hall–Kier alpha value is -1.47. The van der Waals surface area contributed by atoms with E-state index in [0.717, 1.165) is 23.1 Å². The molecule has 2 aromatic carbocycles. The predicted octanol–water partition coefficient (Wildman–Crippen LogP) is 3.89. The molecular formula is C18H24ClIN4. The van der Waals surface area contributed by atoms with Crippen molar-refractivity contribution in [1.82, 2.24) is 10.6 Å². The number of hydrogen-bond donors (Lipinski definition) is 2. The van der Waals surface area contributed by atoms with Gasteiger partial charge in [-0.15, -0.1) is 24.0 Å². The zero-order chi connectivity index (χ0) is 16.7. The number of nitrogens with one attached hydrogen (secondary N) is 2. The van der Waals surface area contributed by atoms with Crippen molar-refractivity contribution in [3.63, 3.8) is 0 Å². The van der Waals surface area contributed by atoms with Crippen LogP contribution in [0.4, 0.5) is 5.69 Å². The third-order valence-electron chi connectivity index (χ3n) is 3.46. The summed E-state index contributed by atoms with van der Waals surface area (Å²) in [5, 5.41) is 7.36. The first-order chi connectivity index (χ1) is 11.1. The molecule has 0 saturated carbocycles. The molecule has 0 aromatic heterocycles. The fourth-order valence-corrected chi connectivity index (χ4v) is 2.40. The van der Waals surface area contributed by atoms with Crippen LogP contribution in [0.3, 0.4) is 0 Å². The number of guanidine groups is 1. The van der Waals surface area contributed by atoms with Crippen molar-refractivity contribution in [2.45, 2.75) is 13.1 Å². The monoisotopic (exact) mass is 458 g/mol. The summed E-state index contributed by atoms with van der Waals surface area (Å²) in [6.07, 6.45) is 0. The third kappa shape index (κ3) is 6.57. The average molecular weight is 459 g/mol. The molecule has 0 aliphatic heterocycles. The summed E-state index contributed by atoms with van der Waals surface area (Å²) in [7, 11) is 5.85. The molecule has 0 radical (unpaired) electrons. The molecule has 2 N–H and O–H groups in total. The molecule has 0 bridgehead atoms. The van der Waals surface area contributed by atoms with Gasteiger partial charge in [-0.3, -0.25) is 4.99 Å². The first kappa shape index (κ1) is 20.6. The normalized spacial score (nSPS) is 10.8. The lowest BCUT2D eigenvalue weighted by Crippen LogP contribution is -2.36. The molecule has 0 fully saturated rings. The molecule has 0 heterocycles. The van der Waals surface area contributed by atoms with Crippen molar-refractivity contribution in [1.29, 1.82) is 0 Å². The molecule has 0 aliphatic carbocycles. The molecule has 130 valence electrons. The predicted molar refractivity (Wildman–Crippen MR) is 115 cm³/mol. The highest BCUT2D eigenvalue weighted by Gasteiger charge is 2.01. The molecule has 6 heteroatoms. The molecular weight excluding hydrogens is 435 g/mol. The summed E-state index contributed by atoms with van der Waals surface area (Å²) >= 11 is 6.00. The summed E-state index contributed by atoms with van der Waals surface area (Å²) in [5.74, 6) is 0.764. The smallest absolute Gasteiger partial charge is 0.191 e. The Labute approximate surface area is 166 Å². The van der Waals surface area contributed by atoms with Crippen LogP contribution < -0.4 is 15.5 Å². The highest BCUT2D eigenvalue weighted by molar-refractivity contribution is 14.0. The lowest BCUT2D eigenvalue weighted by molar-refractivity contribution is 0.809. The van der Waals surface area contributed by atoms with Crippen molar-refractivity contribution in [2.24, 2.45) is 4.99 Å². The number of hydrogen-bond acceptors (Lipinski definition) is 2. The van der Waals surface area contributed by atoms with E-state index in [9.17, 15) is 0 Å². The van der Waals surface area contributed by atoms with Crippen LogP contribution in [0.25, 0.3) is 0 Å². The van der Waals surface area contributed by atoms with E-state index in [1.54, 1.807) is 7.05 Å². The van der Waals surface area contributed by atoms with Crippen molar-refractivity contribution in [2.75, 3.05) is 26.0 Å². The van der Waals surface area contributed by atoms with Crippen LogP contribution in [-0.2, 0) is 13.1 Å². The van der Waals surface area contributed by atoms with Crippen LogP contribution in [0.15, 0.2) is 53.5 Å². The summed E-state index contributed by atoms with van der Waals surface area (Å²) in [6.45, 7) is 1.40. The third-order valence-corrected chi connectivity index (χ3v) is 3.69. The van der Waals surface area contributed by atoms with Crippen LogP contribution in [0, 0.1) is 0 Å². The average Bonchev–Trinajstić information content (AvgIpc) is 2.55. The van der Waals surface area contributed by atoms with Gasteiger partial charge in [0.15, 0.2) is 5.96 Å². The topological polar surface area (TPSA) is 39.7 Å². The maximum Gasteiger partial charge on any atom is 0.191 e. The minimum Gasteiger partial charge on any atom is -0.378 e. The fraction of sp³-hybridized carbons (Fsp3) is 0.278. The molecule has 2 aromatic rings. The number of aliphatic imine (C=N–C) groups is 1. The first-order valence-electron chi connectivity index (χ1n) is 7.53. The summed E-state index contributed by atoms with van der Waals surface area (Å²) in [5.41, 5.74) is 3.52. The number of rotatable bonds is 5. The van der Waals surface area contributed by atoms with Crippen LogP contribution >= 0.6 is 35.6 Å². The summed E-state index contributed by atoms with van der Waals surface area (Å²) in [6, 6.07) is 16.2. The standard InChI is InChI=1S/C18H23ClN4.HI/c1-20-18(21-12-14-6-4-8-16(19)10-14)22-13-15-7-5-9-17(11-15)23(2)3;/h4-11H,12-13H2,1-3H3,(H2,20,21,22);1H. The van der Waals surface area contributed by atoms with Crippen molar-refractivity contribution < 1.29 is 0 Å². The maximum absolute atomic E-state index is 6.00. The zero-order valence-electron chi connectivity index (χ0n) is 14.2. The van der Waals surface area contributed by atoms with Crippen molar-refractivity contribution >= 4 is 47.2 Å². The Morgan fingerprint density at radius 1 is 1.00 bits per heavy atom. The van der Waals surface area contributed by atoms with Gasteiger partial charge in [0.2, 0.25) is 0 Å². The molecule has 0 atom stereocenters. The van der Waals surface area contributed by atoms with Gasteiger partial charge >= 0.3 is 0 Å². The number of anilines is 1. The van der Waals surface area contributed by atoms with Crippen LogP contribution in [0.5, 0.6) is 0 Å². The van der Waals surface area contributed by atoms with E-state index in [0.29, 0.717) is 6.54 Å². The van der Waals surface area contributed by atoms with E-state index >= 15 is 0 Å². The van der Waals surface area contributed by atoms with E-state index in [4.69, 9.17) is 11.6 Å². The quantitative estimate of drug-likeness (QED) is 0.406. The molecule has 24 heavy (non-hydrogen) atoms. The highest BCUT2D eigenvalue weighted by Crippen LogP contribution is 2.13. The SMILES string of the molecule is CN=C(NCc1cccc(Cl)c1)NCc1cccc(N(C)C)c1.I. The number of halogens is 2. The van der Waals surface area contributed by atoms with E-state index in [1.165, 1.54) is 11.3 Å². The van der Waals surface area contributed by atoms with Crippen molar-refractivity contribution in [3.8, 4) is 0 Å². The largest absolute Gasteiger partial charge is 0.378 e. The Morgan fingerprint density at radius 2 is 1.58 bits per heavy atom. The van der Waals surface area contributed by atoms with Gasteiger partial charge in [0.1, 0.15) is 0 Å². The second-order valence-electron chi connectivity index (χ2n) is 5.47. The van der Waals surface area contributed by atoms with Gasteiger partial charge in [-0.1, -0.05) is 35.9 Å². The maximum atomic E-state index is 6.00. The highest BCUT2D eigenvalue weighted by atomic mass is 127. The Balaban J connectivity index is 0.00000288. The fourth-order valence-electron chi connectivity index (χ4n) is 2.18. The van der Waals surface area contributed by atoms with E-state index in [2.05, 4.69) is 44.8 Å². The lowest BCUT2D eigenvalue weighted by Gasteiger charge is -2.15. The van der Waals surface area contributed by atoms with Gasteiger partial charge < -0.3 is 15.5 Å². The Morgan fingerprint density at radius 3 is 2.12 bits per heavy atom. The van der Waals surface area contributed by atoms with Gasteiger partial charge in [0, 0.05) is 44.9 Å². The van der Waals surface area contributed by atoms with E-state index < -0.39 is 0 Å². The summed E-state index contributed by atoms with van der Waals surface area (Å²) in [4.78, 5) is 6.34. The summed E-state index contributed by atoms with van der Waals surface area (Å²) < 4.78 is 0. The van der Waals surface area contributed by atoms with Gasteiger partial charge in [-0.05, 0) is 35.4 Å². The molecule has 0 amide bonds. The second-order valence-corrected chi connectivity index (χ2v) is 5.91. The molecule has 4 nitrogen and oxygen atoms in total. The second kappa shape index (κ2) is 10.4. The zero-order valence-corrected chi connectivity index (χ0v) is 17.3. The Bertz CT molecular complexity index is 674. The van der Waals surface area contributed by atoms with Gasteiger partial charge in [-0.25, -0.2) is 0 Å². The van der Waals surface area contributed by atoms with Gasteiger partial charge in [-0.2, -0.15) is 0 Å². The van der Waals surface area contributed by atoms with Crippen LogP contribution in [-0.4, -0.2) is 27.1 Å². The van der Waals surface area contributed by atoms with Crippen molar-refractivity contribution in [3.05, 3.63) is 64.7 Å². The molecule has 0 spiro atoms. The molecule has 0 unspecified atom stereocenters. The number of benzene rings is 2.